The molecule has 2 N–H and O–H groups in total. The zero-order valence-corrected chi connectivity index (χ0v) is 9.40. The molecule has 1 aliphatic rings. The molecule has 1 aromatic carbocycles. The predicted molar refractivity (Wildman–Crippen MR) is 62.1 cm³/mol. The second-order valence-corrected chi connectivity index (χ2v) is 3.99. The Morgan fingerprint density at radius 1 is 1.50 bits per heavy atom. The number of amides is 1. The van der Waals surface area contributed by atoms with Crippen molar-refractivity contribution in [1.29, 1.82) is 0 Å². The number of likely N-dealkylation sites (tertiary alicyclic amines) is 1. The number of hydrogen-bond donors (Lipinski definition) is 1. The van der Waals surface area contributed by atoms with Crippen LogP contribution in [-0.4, -0.2) is 24.5 Å². The highest BCUT2D eigenvalue weighted by molar-refractivity contribution is 5.78. The summed E-state index contributed by atoms with van der Waals surface area (Å²) in [6, 6.07) is 5.54. The third-order valence-corrected chi connectivity index (χ3v) is 2.84. The number of carbonyl (C=O) groups is 1. The lowest BCUT2D eigenvalue weighted by Crippen LogP contribution is -2.24. The van der Waals surface area contributed by atoms with Gasteiger partial charge in [-0.25, -0.2) is 0 Å². The van der Waals surface area contributed by atoms with E-state index in [1.807, 2.05) is 17.0 Å². The van der Waals surface area contributed by atoms with E-state index >= 15 is 0 Å². The fourth-order valence-corrected chi connectivity index (χ4v) is 1.97. The van der Waals surface area contributed by atoms with Gasteiger partial charge in [-0.1, -0.05) is 6.07 Å². The van der Waals surface area contributed by atoms with Crippen LogP contribution in [-0.2, 0) is 11.3 Å². The predicted octanol–water partition coefficient (Wildman–Crippen LogP) is 1.40. The molecule has 16 heavy (non-hydrogen) atoms. The fourth-order valence-electron chi connectivity index (χ4n) is 1.97. The van der Waals surface area contributed by atoms with Crippen LogP contribution in [0.2, 0.25) is 0 Å². The van der Waals surface area contributed by atoms with E-state index in [-0.39, 0.29) is 5.91 Å². The van der Waals surface area contributed by atoms with Gasteiger partial charge in [0.05, 0.1) is 7.11 Å². The van der Waals surface area contributed by atoms with Crippen LogP contribution < -0.4 is 10.5 Å². The topological polar surface area (TPSA) is 55.6 Å². The van der Waals surface area contributed by atoms with Gasteiger partial charge in [-0.3, -0.25) is 4.79 Å². The van der Waals surface area contributed by atoms with Gasteiger partial charge >= 0.3 is 0 Å². The molecule has 1 amide bonds. The average Bonchev–Trinajstić information content (AvgIpc) is 2.67. The minimum Gasteiger partial charge on any atom is -0.496 e. The Morgan fingerprint density at radius 3 is 2.94 bits per heavy atom. The molecule has 1 saturated heterocycles. The summed E-state index contributed by atoms with van der Waals surface area (Å²) in [5, 5.41) is 0. The number of ether oxygens (including phenoxy) is 1. The number of carbonyl (C=O) groups excluding carboxylic acids is 1. The highest BCUT2D eigenvalue weighted by atomic mass is 16.5. The molecule has 0 spiro atoms. The van der Waals surface area contributed by atoms with E-state index in [0.717, 1.165) is 24.3 Å². The lowest BCUT2D eigenvalue weighted by Gasteiger charge is -2.17. The van der Waals surface area contributed by atoms with Crippen LogP contribution in [0.3, 0.4) is 0 Å². The Morgan fingerprint density at radius 2 is 2.31 bits per heavy atom. The zero-order valence-electron chi connectivity index (χ0n) is 9.40. The van der Waals surface area contributed by atoms with E-state index in [1.54, 1.807) is 13.2 Å². The molecule has 2 rings (SSSR count). The molecular weight excluding hydrogens is 204 g/mol. The van der Waals surface area contributed by atoms with Crippen LogP contribution in [0.1, 0.15) is 18.4 Å². The lowest BCUT2D eigenvalue weighted by atomic mass is 10.1. The van der Waals surface area contributed by atoms with Gasteiger partial charge in [0.15, 0.2) is 0 Å². The van der Waals surface area contributed by atoms with Crippen LogP contribution in [0, 0.1) is 0 Å². The first-order chi connectivity index (χ1) is 7.70. The van der Waals surface area contributed by atoms with E-state index in [0.29, 0.717) is 18.7 Å². The monoisotopic (exact) mass is 220 g/mol. The minimum absolute atomic E-state index is 0.221. The number of nitrogens with two attached hydrogens (primary N) is 1. The van der Waals surface area contributed by atoms with Crippen molar-refractivity contribution in [3.8, 4) is 5.75 Å². The Hall–Kier alpha value is -1.71. The maximum Gasteiger partial charge on any atom is 0.222 e. The average molecular weight is 220 g/mol. The maximum absolute atomic E-state index is 11.5. The number of hydrogen-bond acceptors (Lipinski definition) is 3. The van der Waals surface area contributed by atoms with Crippen molar-refractivity contribution < 1.29 is 9.53 Å². The molecule has 4 nitrogen and oxygen atoms in total. The van der Waals surface area contributed by atoms with Crippen LogP contribution in [0.5, 0.6) is 5.75 Å². The highest BCUT2D eigenvalue weighted by Crippen LogP contribution is 2.24. The molecule has 0 atom stereocenters. The standard InChI is InChI=1S/C12H16N2O2/c1-16-11-7-10(13)5-4-9(11)8-14-6-2-3-12(14)15/h4-5,7H,2-3,6,8,13H2,1H3. The second-order valence-electron chi connectivity index (χ2n) is 3.99. The summed E-state index contributed by atoms with van der Waals surface area (Å²) in [6.45, 7) is 1.45. The molecule has 1 aliphatic heterocycles. The van der Waals surface area contributed by atoms with Crippen molar-refractivity contribution in [2.45, 2.75) is 19.4 Å². The normalized spacial score (nSPS) is 15.6. The van der Waals surface area contributed by atoms with Gasteiger partial charge in [0, 0.05) is 36.8 Å². The van der Waals surface area contributed by atoms with E-state index in [4.69, 9.17) is 10.5 Å². The molecule has 1 fully saturated rings. The minimum atomic E-state index is 0.221. The fraction of sp³-hybridized carbons (Fsp3) is 0.417. The SMILES string of the molecule is COc1cc(N)ccc1CN1CCCC1=O. The van der Waals surface area contributed by atoms with Gasteiger partial charge in [-0.2, -0.15) is 0 Å². The third-order valence-electron chi connectivity index (χ3n) is 2.84. The van der Waals surface area contributed by atoms with Crippen molar-refractivity contribution in [3.63, 3.8) is 0 Å². The van der Waals surface area contributed by atoms with Crippen LogP contribution in [0.4, 0.5) is 5.69 Å². The van der Waals surface area contributed by atoms with Crippen molar-refractivity contribution in [2.75, 3.05) is 19.4 Å². The van der Waals surface area contributed by atoms with Crippen molar-refractivity contribution in [2.24, 2.45) is 0 Å². The lowest BCUT2D eigenvalue weighted by molar-refractivity contribution is -0.128. The summed E-state index contributed by atoms with van der Waals surface area (Å²) < 4.78 is 5.25. The maximum atomic E-state index is 11.5. The summed E-state index contributed by atoms with van der Waals surface area (Å²) in [6.07, 6.45) is 1.62. The quantitative estimate of drug-likeness (QED) is 0.783. The summed E-state index contributed by atoms with van der Waals surface area (Å²) in [5.41, 5.74) is 7.36. The van der Waals surface area contributed by atoms with Gasteiger partial charge in [0.25, 0.3) is 0 Å². The first-order valence-corrected chi connectivity index (χ1v) is 5.41. The van der Waals surface area contributed by atoms with Gasteiger partial charge in [0.2, 0.25) is 5.91 Å². The molecule has 1 aromatic rings. The Bertz CT molecular complexity index is 404. The third kappa shape index (κ3) is 2.10. The molecule has 0 unspecified atom stereocenters. The number of anilines is 1. The van der Waals surface area contributed by atoms with Crippen molar-refractivity contribution in [1.82, 2.24) is 4.90 Å². The molecule has 0 radical (unpaired) electrons. The Kier molecular flexibility index (Phi) is 2.99. The molecule has 86 valence electrons. The summed E-state index contributed by atoms with van der Waals surface area (Å²) in [5.74, 6) is 0.971. The van der Waals surface area contributed by atoms with Crippen LogP contribution in [0.25, 0.3) is 0 Å². The molecule has 4 heteroatoms. The molecule has 0 saturated carbocycles. The molecule has 0 bridgehead atoms. The van der Waals surface area contributed by atoms with Crippen LogP contribution >= 0.6 is 0 Å². The summed E-state index contributed by atoms with van der Waals surface area (Å²) >= 11 is 0. The number of nitrogen functional groups attached to an aromatic ring is 1. The smallest absolute Gasteiger partial charge is 0.222 e. The zero-order chi connectivity index (χ0) is 11.5. The molecular formula is C12H16N2O2. The summed E-state index contributed by atoms with van der Waals surface area (Å²) in [4.78, 5) is 13.4. The first-order valence-electron chi connectivity index (χ1n) is 5.41. The van der Waals surface area contributed by atoms with Gasteiger partial charge in [-0.05, 0) is 12.5 Å². The van der Waals surface area contributed by atoms with E-state index in [9.17, 15) is 4.79 Å². The Labute approximate surface area is 95.0 Å². The van der Waals surface area contributed by atoms with Gasteiger partial charge in [-0.15, -0.1) is 0 Å². The largest absolute Gasteiger partial charge is 0.496 e. The van der Waals surface area contributed by atoms with Gasteiger partial charge < -0.3 is 15.4 Å². The number of nitrogens with zero attached hydrogens (tertiary/aromatic N) is 1. The number of rotatable bonds is 3. The Balaban J connectivity index is 2.17. The van der Waals surface area contributed by atoms with E-state index in [1.165, 1.54) is 0 Å². The second kappa shape index (κ2) is 4.43. The van der Waals surface area contributed by atoms with E-state index < -0.39 is 0 Å². The van der Waals surface area contributed by atoms with E-state index in [2.05, 4.69) is 0 Å². The first kappa shape index (κ1) is 10.8. The van der Waals surface area contributed by atoms with Crippen molar-refractivity contribution >= 4 is 11.6 Å². The number of methoxy groups -OCH3 is 1. The molecule has 1 heterocycles. The summed E-state index contributed by atoms with van der Waals surface area (Å²) in [7, 11) is 1.62. The van der Waals surface area contributed by atoms with Crippen molar-refractivity contribution in [3.05, 3.63) is 23.8 Å². The molecule has 0 aliphatic carbocycles. The highest BCUT2D eigenvalue weighted by Gasteiger charge is 2.21. The molecule has 0 aromatic heterocycles. The number of benzene rings is 1. The van der Waals surface area contributed by atoms with Crippen LogP contribution in [0.15, 0.2) is 18.2 Å². The van der Waals surface area contributed by atoms with Gasteiger partial charge in [0.1, 0.15) is 5.75 Å².